The summed E-state index contributed by atoms with van der Waals surface area (Å²) in [5.41, 5.74) is 2.56. The van der Waals surface area contributed by atoms with E-state index in [1.807, 2.05) is 18.2 Å². The van der Waals surface area contributed by atoms with Gasteiger partial charge >= 0.3 is 0 Å². The summed E-state index contributed by atoms with van der Waals surface area (Å²) < 4.78 is 11.5. The second-order valence-corrected chi connectivity index (χ2v) is 5.69. The molecular weight excluding hydrogens is 274 g/mol. The first kappa shape index (κ1) is 15.2. The molecule has 1 aliphatic heterocycles. The first-order chi connectivity index (χ1) is 10.9. The predicted octanol–water partition coefficient (Wildman–Crippen LogP) is 3.10. The fourth-order valence-corrected chi connectivity index (χ4v) is 2.76. The van der Waals surface area contributed by atoms with E-state index in [1.54, 1.807) is 0 Å². The molecule has 2 aromatic carbocycles. The Labute approximate surface area is 132 Å². The molecule has 22 heavy (non-hydrogen) atoms. The highest BCUT2D eigenvalue weighted by Crippen LogP contribution is 2.13. The minimum absolute atomic E-state index is 0.331. The summed E-state index contributed by atoms with van der Waals surface area (Å²) in [5, 5.41) is 0. The van der Waals surface area contributed by atoms with E-state index in [9.17, 15) is 0 Å². The van der Waals surface area contributed by atoms with Crippen molar-refractivity contribution in [3.8, 4) is 0 Å². The van der Waals surface area contributed by atoms with E-state index in [-0.39, 0.29) is 0 Å². The standard InChI is InChI=1S/C19H23NO2/c1-3-7-17(8-4-1)13-20-11-12-21-15-19(20)16-22-14-18-9-5-2-6-10-18/h1-10,19H,11-16H2. The number of hydrogen-bond acceptors (Lipinski definition) is 3. The summed E-state index contributed by atoms with van der Waals surface area (Å²) in [6.45, 7) is 4.86. The molecule has 1 fully saturated rings. The van der Waals surface area contributed by atoms with E-state index in [4.69, 9.17) is 9.47 Å². The minimum atomic E-state index is 0.331. The van der Waals surface area contributed by atoms with Gasteiger partial charge in [-0.2, -0.15) is 0 Å². The van der Waals surface area contributed by atoms with Crippen LogP contribution in [0.25, 0.3) is 0 Å². The Morgan fingerprint density at radius 2 is 1.64 bits per heavy atom. The molecule has 0 spiro atoms. The lowest BCUT2D eigenvalue weighted by Gasteiger charge is -2.35. The van der Waals surface area contributed by atoms with Crippen molar-refractivity contribution >= 4 is 0 Å². The average molecular weight is 297 g/mol. The van der Waals surface area contributed by atoms with Gasteiger partial charge in [0.05, 0.1) is 32.5 Å². The smallest absolute Gasteiger partial charge is 0.0717 e. The molecule has 0 aliphatic carbocycles. The third-order valence-electron chi connectivity index (χ3n) is 4.00. The average Bonchev–Trinajstić information content (AvgIpc) is 2.58. The molecule has 3 heteroatoms. The van der Waals surface area contributed by atoms with Crippen molar-refractivity contribution in [3.63, 3.8) is 0 Å². The molecule has 0 aromatic heterocycles. The van der Waals surface area contributed by atoms with Crippen molar-refractivity contribution in [1.82, 2.24) is 4.90 Å². The molecule has 3 nitrogen and oxygen atoms in total. The van der Waals surface area contributed by atoms with Crippen LogP contribution in [0, 0.1) is 0 Å². The molecule has 1 aliphatic rings. The largest absolute Gasteiger partial charge is 0.378 e. The number of ether oxygens (including phenoxy) is 2. The van der Waals surface area contributed by atoms with Gasteiger partial charge in [0.25, 0.3) is 0 Å². The highest BCUT2D eigenvalue weighted by molar-refractivity contribution is 5.15. The maximum Gasteiger partial charge on any atom is 0.0717 e. The van der Waals surface area contributed by atoms with Crippen molar-refractivity contribution < 1.29 is 9.47 Å². The van der Waals surface area contributed by atoms with Gasteiger partial charge in [-0.3, -0.25) is 4.90 Å². The van der Waals surface area contributed by atoms with Crippen LogP contribution in [0.15, 0.2) is 60.7 Å². The molecule has 0 amide bonds. The predicted molar refractivity (Wildman–Crippen MR) is 87.6 cm³/mol. The zero-order valence-corrected chi connectivity index (χ0v) is 12.9. The second-order valence-electron chi connectivity index (χ2n) is 5.69. The van der Waals surface area contributed by atoms with E-state index in [2.05, 4.69) is 47.4 Å². The van der Waals surface area contributed by atoms with Crippen LogP contribution < -0.4 is 0 Å². The lowest BCUT2D eigenvalue weighted by molar-refractivity contribution is -0.0494. The normalized spacial score (nSPS) is 19.2. The van der Waals surface area contributed by atoms with E-state index >= 15 is 0 Å². The molecule has 116 valence electrons. The van der Waals surface area contributed by atoms with Crippen LogP contribution in [0.4, 0.5) is 0 Å². The third-order valence-corrected chi connectivity index (χ3v) is 4.00. The van der Waals surface area contributed by atoms with Crippen LogP contribution in [0.2, 0.25) is 0 Å². The van der Waals surface area contributed by atoms with E-state index in [0.29, 0.717) is 19.3 Å². The van der Waals surface area contributed by atoms with Gasteiger partial charge in [0.1, 0.15) is 0 Å². The van der Waals surface area contributed by atoms with Gasteiger partial charge in [-0.1, -0.05) is 60.7 Å². The number of rotatable bonds is 6. The van der Waals surface area contributed by atoms with Crippen LogP contribution in [0.3, 0.4) is 0 Å². The van der Waals surface area contributed by atoms with Crippen LogP contribution in [0.5, 0.6) is 0 Å². The van der Waals surface area contributed by atoms with Crippen LogP contribution in [-0.4, -0.2) is 37.3 Å². The van der Waals surface area contributed by atoms with Gasteiger partial charge in [-0.05, 0) is 11.1 Å². The zero-order valence-electron chi connectivity index (χ0n) is 12.9. The highest BCUT2D eigenvalue weighted by atomic mass is 16.5. The summed E-state index contributed by atoms with van der Waals surface area (Å²) in [6.07, 6.45) is 0. The third kappa shape index (κ3) is 4.41. The number of benzene rings is 2. The first-order valence-corrected chi connectivity index (χ1v) is 7.89. The SMILES string of the molecule is c1ccc(COCC2COCCN2Cc2ccccc2)cc1. The van der Waals surface area contributed by atoms with Crippen molar-refractivity contribution in [2.75, 3.05) is 26.4 Å². The summed E-state index contributed by atoms with van der Waals surface area (Å²) in [6, 6.07) is 21.2. The monoisotopic (exact) mass is 297 g/mol. The van der Waals surface area contributed by atoms with Crippen molar-refractivity contribution in [2.45, 2.75) is 19.2 Å². The van der Waals surface area contributed by atoms with Gasteiger partial charge in [0, 0.05) is 13.1 Å². The van der Waals surface area contributed by atoms with Crippen molar-refractivity contribution in [2.24, 2.45) is 0 Å². The summed E-state index contributed by atoms with van der Waals surface area (Å²) in [7, 11) is 0. The molecule has 1 saturated heterocycles. The quantitative estimate of drug-likeness (QED) is 0.818. The molecule has 1 heterocycles. The molecule has 0 bridgehead atoms. The number of morpholine rings is 1. The minimum Gasteiger partial charge on any atom is -0.378 e. The number of hydrogen-bond donors (Lipinski definition) is 0. The first-order valence-electron chi connectivity index (χ1n) is 7.89. The molecule has 3 rings (SSSR count). The molecule has 1 atom stereocenters. The second kappa shape index (κ2) is 8.08. The summed E-state index contributed by atoms with van der Waals surface area (Å²) in [4.78, 5) is 2.46. The van der Waals surface area contributed by atoms with Crippen LogP contribution >= 0.6 is 0 Å². The van der Waals surface area contributed by atoms with Gasteiger partial charge in [0.2, 0.25) is 0 Å². The van der Waals surface area contributed by atoms with E-state index < -0.39 is 0 Å². The Balaban J connectivity index is 1.51. The van der Waals surface area contributed by atoms with E-state index in [0.717, 1.165) is 26.3 Å². The lowest BCUT2D eigenvalue weighted by Crippen LogP contribution is -2.47. The van der Waals surface area contributed by atoms with Gasteiger partial charge < -0.3 is 9.47 Å². The molecule has 0 saturated carbocycles. The topological polar surface area (TPSA) is 21.7 Å². The fraction of sp³-hybridized carbons (Fsp3) is 0.368. The van der Waals surface area contributed by atoms with Crippen molar-refractivity contribution in [1.29, 1.82) is 0 Å². The van der Waals surface area contributed by atoms with E-state index in [1.165, 1.54) is 11.1 Å². The highest BCUT2D eigenvalue weighted by Gasteiger charge is 2.23. The van der Waals surface area contributed by atoms with Gasteiger partial charge in [0.15, 0.2) is 0 Å². The van der Waals surface area contributed by atoms with Gasteiger partial charge in [-0.15, -0.1) is 0 Å². The molecule has 0 radical (unpaired) electrons. The van der Waals surface area contributed by atoms with Crippen LogP contribution in [-0.2, 0) is 22.6 Å². The Hall–Kier alpha value is -1.68. The Kier molecular flexibility index (Phi) is 5.59. The molecule has 0 N–H and O–H groups in total. The van der Waals surface area contributed by atoms with Crippen LogP contribution in [0.1, 0.15) is 11.1 Å². The Morgan fingerprint density at radius 1 is 0.955 bits per heavy atom. The maximum absolute atomic E-state index is 5.91. The maximum atomic E-state index is 5.91. The zero-order chi connectivity index (χ0) is 15.0. The lowest BCUT2D eigenvalue weighted by atomic mass is 10.1. The Bertz CT molecular complexity index is 544. The van der Waals surface area contributed by atoms with Gasteiger partial charge in [-0.25, -0.2) is 0 Å². The molecule has 1 unspecified atom stereocenters. The molecule has 2 aromatic rings. The number of nitrogens with zero attached hydrogens (tertiary/aromatic N) is 1. The fourth-order valence-electron chi connectivity index (χ4n) is 2.76. The summed E-state index contributed by atoms with van der Waals surface area (Å²) in [5.74, 6) is 0. The summed E-state index contributed by atoms with van der Waals surface area (Å²) >= 11 is 0. The molecular formula is C19H23NO2. The van der Waals surface area contributed by atoms with Crippen molar-refractivity contribution in [3.05, 3.63) is 71.8 Å². The Morgan fingerprint density at radius 3 is 2.36 bits per heavy atom.